The molecule has 1 fully saturated rings. The molecule has 0 saturated heterocycles. The third-order valence-electron chi connectivity index (χ3n) is 3.40. The average molecular weight is 267 g/mol. The van der Waals surface area contributed by atoms with Gasteiger partial charge in [-0.05, 0) is 37.5 Å². The minimum atomic E-state index is -0.649. The van der Waals surface area contributed by atoms with Crippen molar-refractivity contribution >= 4 is 11.7 Å². The third kappa shape index (κ3) is 3.44. The molecule has 1 saturated carbocycles. The Kier molecular flexibility index (Phi) is 4.37. The SMILES string of the molecule is COC1CCCC(OC(=O)c2ccc(N)cc2F)C1. The molecule has 0 heterocycles. The number of hydrogen-bond acceptors (Lipinski definition) is 4. The van der Waals surface area contributed by atoms with E-state index in [-0.39, 0.29) is 23.5 Å². The highest BCUT2D eigenvalue weighted by Gasteiger charge is 2.26. The molecule has 0 aliphatic heterocycles. The molecule has 0 bridgehead atoms. The molecule has 0 amide bonds. The summed E-state index contributed by atoms with van der Waals surface area (Å²) in [7, 11) is 1.65. The van der Waals surface area contributed by atoms with E-state index < -0.39 is 11.8 Å². The van der Waals surface area contributed by atoms with Crippen molar-refractivity contribution < 1.29 is 18.7 Å². The summed E-state index contributed by atoms with van der Waals surface area (Å²) in [6.07, 6.45) is 3.29. The van der Waals surface area contributed by atoms with Crippen LogP contribution in [0.15, 0.2) is 18.2 Å². The minimum absolute atomic E-state index is 0.0752. The van der Waals surface area contributed by atoms with Crippen molar-refractivity contribution in [2.45, 2.75) is 37.9 Å². The van der Waals surface area contributed by atoms with Crippen molar-refractivity contribution in [3.8, 4) is 0 Å². The Morgan fingerprint density at radius 1 is 1.37 bits per heavy atom. The van der Waals surface area contributed by atoms with E-state index in [4.69, 9.17) is 15.2 Å². The van der Waals surface area contributed by atoms with E-state index in [1.165, 1.54) is 12.1 Å². The van der Waals surface area contributed by atoms with Crippen LogP contribution in [0.5, 0.6) is 0 Å². The van der Waals surface area contributed by atoms with Crippen LogP contribution in [0.1, 0.15) is 36.0 Å². The average Bonchev–Trinajstić information content (AvgIpc) is 2.38. The molecule has 1 aromatic rings. The molecule has 1 aliphatic rings. The highest BCUT2D eigenvalue weighted by atomic mass is 19.1. The van der Waals surface area contributed by atoms with Crippen molar-refractivity contribution in [2.75, 3.05) is 12.8 Å². The maximum absolute atomic E-state index is 13.6. The zero-order chi connectivity index (χ0) is 13.8. The molecule has 2 N–H and O–H groups in total. The summed E-state index contributed by atoms with van der Waals surface area (Å²) in [4.78, 5) is 11.9. The topological polar surface area (TPSA) is 61.5 Å². The van der Waals surface area contributed by atoms with Crippen molar-refractivity contribution in [3.05, 3.63) is 29.6 Å². The molecule has 1 aromatic carbocycles. The number of esters is 1. The van der Waals surface area contributed by atoms with Crippen molar-refractivity contribution in [1.29, 1.82) is 0 Å². The van der Waals surface area contributed by atoms with Crippen LogP contribution in [0.4, 0.5) is 10.1 Å². The lowest BCUT2D eigenvalue weighted by molar-refractivity contribution is -0.0151. The van der Waals surface area contributed by atoms with E-state index in [0.29, 0.717) is 6.42 Å². The number of hydrogen-bond donors (Lipinski definition) is 1. The first-order valence-corrected chi connectivity index (χ1v) is 6.39. The number of nitrogens with two attached hydrogens (primary N) is 1. The van der Waals surface area contributed by atoms with Gasteiger partial charge in [0.25, 0.3) is 0 Å². The Labute approximate surface area is 111 Å². The molecular formula is C14H18FNO3. The highest BCUT2D eigenvalue weighted by molar-refractivity contribution is 5.90. The number of methoxy groups -OCH3 is 1. The normalized spacial score (nSPS) is 23.1. The standard InChI is InChI=1S/C14H18FNO3/c1-18-10-3-2-4-11(8-10)19-14(17)12-6-5-9(16)7-13(12)15/h5-7,10-11H,2-4,8,16H2,1H3. The lowest BCUT2D eigenvalue weighted by Gasteiger charge is -2.27. The minimum Gasteiger partial charge on any atom is -0.459 e. The van der Waals surface area contributed by atoms with Gasteiger partial charge in [-0.25, -0.2) is 9.18 Å². The molecule has 0 aromatic heterocycles. The second-order valence-corrected chi connectivity index (χ2v) is 4.79. The lowest BCUT2D eigenvalue weighted by Crippen LogP contribution is -2.29. The molecule has 104 valence electrons. The van der Waals surface area contributed by atoms with Crippen LogP contribution in [-0.2, 0) is 9.47 Å². The number of ether oxygens (including phenoxy) is 2. The fraction of sp³-hybridized carbons (Fsp3) is 0.500. The summed E-state index contributed by atoms with van der Waals surface area (Å²) in [6, 6.07) is 3.96. The summed E-state index contributed by atoms with van der Waals surface area (Å²) in [6.45, 7) is 0. The number of benzene rings is 1. The fourth-order valence-electron chi connectivity index (χ4n) is 2.33. The monoisotopic (exact) mass is 267 g/mol. The van der Waals surface area contributed by atoms with E-state index in [0.717, 1.165) is 25.3 Å². The number of anilines is 1. The van der Waals surface area contributed by atoms with Crippen LogP contribution < -0.4 is 5.73 Å². The van der Waals surface area contributed by atoms with Gasteiger partial charge in [-0.15, -0.1) is 0 Å². The molecule has 2 unspecified atom stereocenters. The molecule has 5 heteroatoms. The van der Waals surface area contributed by atoms with Crippen LogP contribution in [0.2, 0.25) is 0 Å². The molecule has 0 radical (unpaired) electrons. The first-order valence-electron chi connectivity index (χ1n) is 6.39. The van der Waals surface area contributed by atoms with Gasteiger partial charge in [-0.3, -0.25) is 0 Å². The molecule has 4 nitrogen and oxygen atoms in total. The largest absolute Gasteiger partial charge is 0.459 e. The zero-order valence-electron chi connectivity index (χ0n) is 10.9. The van der Waals surface area contributed by atoms with E-state index in [1.807, 2.05) is 0 Å². The predicted octanol–water partition coefficient (Wildman–Crippen LogP) is 2.52. The molecule has 19 heavy (non-hydrogen) atoms. The molecule has 0 spiro atoms. The van der Waals surface area contributed by atoms with Gasteiger partial charge < -0.3 is 15.2 Å². The van der Waals surface area contributed by atoms with Crippen LogP contribution in [0.25, 0.3) is 0 Å². The van der Waals surface area contributed by atoms with Gasteiger partial charge >= 0.3 is 5.97 Å². The summed E-state index contributed by atoms with van der Waals surface area (Å²) < 4.78 is 24.2. The van der Waals surface area contributed by atoms with E-state index >= 15 is 0 Å². The van der Waals surface area contributed by atoms with Gasteiger partial charge in [0.05, 0.1) is 11.7 Å². The van der Waals surface area contributed by atoms with Gasteiger partial charge in [-0.2, -0.15) is 0 Å². The Hall–Kier alpha value is -1.62. The number of nitrogen functional groups attached to an aromatic ring is 1. The molecule has 2 atom stereocenters. The second kappa shape index (κ2) is 6.02. The lowest BCUT2D eigenvalue weighted by atomic mass is 9.95. The van der Waals surface area contributed by atoms with E-state index in [2.05, 4.69) is 0 Å². The Morgan fingerprint density at radius 2 is 2.11 bits per heavy atom. The fourth-order valence-corrected chi connectivity index (χ4v) is 2.33. The van der Waals surface area contributed by atoms with Crippen LogP contribution in [0, 0.1) is 5.82 Å². The van der Waals surface area contributed by atoms with Crippen molar-refractivity contribution in [2.24, 2.45) is 0 Å². The summed E-state index contributed by atoms with van der Waals surface area (Å²) in [5.41, 5.74) is 5.65. The van der Waals surface area contributed by atoms with Crippen molar-refractivity contribution in [1.82, 2.24) is 0 Å². The first-order chi connectivity index (χ1) is 9.10. The van der Waals surface area contributed by atoms with Gasteiger partial charge in [0.1, 0.15) is 11.9 Å². The quantitative estimate of drug-likeness (QED) is 0.675. The second-order valence-electron chi connectivity index (χ2n) is 4.79. The van der Waals surface area contributed by atoms with E-state index in [1.54, 1.807) is 7.11 Å². The van der Waals surface area contributed by atoms with Gasteiger partial charge in [0.2, 0.25) is 0 Å². The Balaban J connectivity index is 2.00. The highest BCUT2D eigenvalue weighted by Crippen LogP contribution is 2.24. The van der Waals surface area contributed by atoms with Crippen LogP contribution >= 0.6 is 0 Å². The maximum atomic E-state index is 13.6. The number of rotatable bonds is 3. The van der Waals surface area contributed by atoms with E-state index in [9.17, 15) is 9.18 Å². The predicted molar refractivity (Wildman–Crippen MR) is 69.3 cm³/mol. The summed E-state index contributed by atoms with van der Waals surface area (Å²) in [5.74, 6) is -1.29. The Morgan fingerprint density at radius 3 is 2.79 bits per heavy atom. The smallest absolute Gasteiger partial charge is 0.341 e. The Bertz CT molecular complexity index is 464. The van der Waals surface area contributed by atoms with Crippen molar-refractivity contribution in [3.63, 3.8) is 0 Å². The third-order valence-corrected chi connectivity index (χ3v) is 3.40. The maximum Gasteiger partial charge on any atom is 0.341 e. The first kappa shape index (κ1) is 13.8. The van der Waals surface area contributed by atoms with Gasteiger partial charge in [0.15, 0.2) is 0 Å². The van der Waals surface area contributed by atoms with Gasteiger partial charge in [-0.1, -0.05) is 0 Å². The number of carbonyl (C=O) groups excluding carboxylic acids is 1. The number of halogens is 1. The van der Waals surface area contributed by atoms with Crippen LogP contribution in [0.3, 0.4) is 0 Å². The molecular weight excluding hydrogens is 249 g/mol. The van der Waals surface area contributed by atoms with Crippen LogP contribution in [-0.4, -0.2) is 25.3 Å². The zero-order valence-corrected chi connectivity index (χ0v) is 10.9. The van der Waals surface area contributed by atoms with Gasteiger partial charge in [0, 0.05) is 19.2 Å². The molecule has 1 aliphatic carbocycles. The summed E-state index contributed by atoms with van der Waals surface area (Å²) in [5, 5.41) is 0. The molecule has 2 rings (SSSR count). The summed E-state index contributed by atoms with van der Waals surface area (Å²) >= 11 is 0. The number of carbonyl (C=O) groups is 1.